The molecule has 3 N–H and O–H groups in total. The molecule has 1 aromatic rings. The second kappa shape index (κ2) is 12.4. The van der Waals surface area contributed by atoms with Gasteiger partial charge >= 0.3 is 0 Å². The maximum atomic E-state index is 11.9. The number of carbonyl (C=O) groups is 1. The van der Waals surface area contributed by atoms with E-state index >= 15 is 0 Å². The predicted molar refractivity (Wildman–Crippen MR) is 94.4 cm³/mol. The number of amides is 1. The van der Waals surface area contributed by atoms with Crippen LogP contribution in [0.3, 0.4) is 0 Å². The second-order valence-electron chi connectivity index (χ2n) is 5.56. The molecule has 22 heavy (non-hydrogen) atoms. The number of carbonyl (C=O) groups excluding carboxylic acids is 1. The average Bonchev–Trinajstić information content (AvgIpc) is 2.45. The fourth-order valence-electron chi connectivity index (χ4n) is 2.01. The van der Waals surface area contributed by atoms with Crippen molar-refractivity contribution in [2.45, 2.75) is 58.7 Å². The molecule has 1 aromatic carbocycles. The van der Waals surface area contributed by atoms with E-state index in [1.54, 1.807) is 0 Å². The monoisotopic (exact) mass is 328 g/mol. The number of nitrogens with one attached hydrogen (secondary N) is 1. The van der Waals surface area contributed by atoms with Crippen LogP contribution in [0.2, 0.25) is 0 Å². The van der Waals surface area contributed by atoms with E-state index in [0.717, 1.165) is 43.5 Å². The molecule has 0 fully saturated rings. The number of benzene rings is 1. The lowest BCUT2D eigenvalue weighted by Gasteiger charge is -2.10. The highest BCUT2D eigenvalue weighted by Gasteiger charge is 2.03. The molecular formula is C17H29ClN2O2. The average molecular weight is 329 g/mol. The summed E-state index contributed by atoms with van der Waals surface area (Å²) in [5.74, 6) is 0.0738. The molecule has 0 bridgehead atoms. The van der Waals surface area contributed by atoms with Gasteiger partial charge in [-0.05, 0) is 50.9 Å². The van der Waals surface area contributed by atoms with Crippen LogP contribution in [0, 0.1) is 0 Å². The minimum atomic E-state index is 0. The Morgan fingerprint density at radius 1 is 1.23 bits per heavy atom. The first kappa shape index (κ1) is 20.9. The predicted octanol–water partition coefficient (Wildman–Crippen LogP) is 3.88. The van der Waals surface area contributed by atoms with Gasteiger partial charge in [-0.15, -0.1) is 12.4 Å². The highest BCUT2D eigenvalue weighted by Crippen LogP contribution is 2.13. The molecule has 0 aliphatic rings. The number of anilines is 1. The maximum absolute atomic E-state index is 11.9. The molecule has 126 valence electrons. The Morgan fingerprint density at radius 2 is 1.95 bits per heavy atom. The van der Waals surface area contributed by atoms with Gasteiger partial charge in [-0.2, -0.15) is 0 Å². The summed E-state index contributed by atoms with van der Waals surface area (Å²) in [5.41, 5.74) is 7.35. The van der Waals surface area contributed by atoms with E-state index in [2.05, 4.69) is 5.32 Å². The lowest BCUT2D eigenvalue weighted by Crippen LogP contribution is -2.11. The molecule has 5 heteroatoms. The first-order chi connectivity index (χ1) is 10.1. The van der Waals surface area contributed by atoms with Crippen LogP contribution in [0.25, 0.3) is 0 Å². The number of halogens is 1. The smallest absolute Gasteiger partial charge is 0.224 e. The molecular weight excluding hydrogens is 300 g/mol. The maximum Gasteiger partial charge on any atom is 0.224 e. The van der Waals surface area contributed by atoms with Crippen molar-refractivity contribution in [2.24, 2.45) is 5.73 Å². The summed E-state index contributed by atoms with van der Waals surface area (Å²) in [5, 5.41) is 2.94. The zero-order chi connectivity index (χ0) is 15.5. The number of ether oxygens (including phenoxy) is 1. The third kappa shape index (κ3) is 9.77. The fourth-order valence-corrected chi connectivity index (χ4v) is 2.01. The Labute approximate surface area is 140 Å². The van der Waals surface area contributed by atoms with Crippen molar-refractivity contribution in [3.05, 3.63) is 29.8 Å². The van der Waals surface area contributed by atoms with Crippen LogP contribution in [-0.2, 0) is 16.1 Å². The van der Waals surface area contributed by atoms with Crippen molar-refractivity contribution in [2.75, 3.05) is 11.9 Å². The van der Waals surface area contributed by atoms with E-state index in [4.69, 9.17) is 10.5 Å². The lowest BCUT2D eigenvalue weighted by atomic mass is 10.1. The molecule has 0 atom stereocenters. The van der Waals surface area contributed by atoms with Crippen LogP contribution in [-0.4, -0.2) is 18.6 Å². The quantitative estimate of drug-likeness (QED) is 0.640. The molecule has 0 saturated carbocycles. The molecule has 0 heterocycles. The molecule has 1 amide bonds. The van der Waals surface area contributed by atoms with E-state index in [-0.39, 0.29) is 24.4 Å². The highest BCUT2D eigenvalue weighted by molar-refractivity contribution is 5.90. The molecule has 0 saturated heterocycles. The third-order valence-electron chi connectivity index (χ3n) is 3.15. The number of nitrogens with two attached hydrogens (primary N) is 1. The van der Waals surface area contributed by atoms with Gasteiger partial charge in [-0.3, -0.25) is 4.79 Å². The molecule has 0 aliphatic carbocycles. The van der Waals surface area contributed by atoms with Crippen molar-refractivity contribution in [1.82, 2.24) is 0 Å². The van der Waals surface area contributed by atoms with Crippen LogP contribution < -0.4 is 11.1 Å². The van der Waals surface area contributed by atoms with E-state index in [9.17, 15) is 4.79 Å². The Hall–Kier alpha value is -1.10. The minimum Gasteiger partial charge on any atom is -0.374 e. The van der Waals surface area contributed by atoms with Crippen LogP contribution in [0.15, 0.2) is 24.3 Å². The molecule has 0 spiro atoms. The molecule has 0 radical (unpaired) electrons. The Kier molecular flexibility index (Phi) is 11.8. The molecule has 0 aliphatic heterocycles. The summed E-state index contributed by atoms with van der Waals surface area (Å²) in [6.45, 7) is 5.32. The van der Waals surface area contributed by atoms with Crippen molar-refractivity contribution in [3.8, 4) is 0 Å². The van der Waals surface area contributed by atoms with E-state index in [1.807, 2.05) is 38.1 Å². The summed E-state index contributed by atoms with van der Waals surface area (Å²) in [4.78, 5) is 11.9. The van der Waals surface area contributed by atoms with Crippen LogP contribution >= 0.6 is 12.4 Å². The summed E-state index contributed by atoms with van der Waals surface area (Å²) >= 11 is 0. The van der Waals surface area contributed by atoms with Crippen molar-refractivity contribution >= 4 is 24.0 Å². The number of unbranched alkanes of at least 4 members (excludes halogenated alkanes) is 3. The Morgan fingerprint density at radius 3 is 2.64 bits per heavy atom. The van der Waals surface area contributed by atoms with Gasteiger partial charge < -0.3 is 15.8 Å². The Bertz CT molecular complexity index is 425. The van der Waals surface area contributed by atoms with Gasteiger partial charge in [0.1, 0.15) is 0 Å². The normalized spacial score (nSPS) is 10.4. The Balaban J connectivity index is 0.00000441. The summed E-state index contributed by atoms with van der Waals surface area (Å²) < 4.78 is 5.57. The lowest BCUT2D eigenvalue weighted by molar-refractivity contribution is -0.116. The molecule has 0 unspecified atom stereocenters. The van der Waals surface area contributed by atoms with Crippen LogP contribution in [0.1, 0.15) is 51.5 Å². The largest absolute Gasteiger partial charge is 0.374 e. The number of rotatable bonds is 10. The van der Waals surface area contributed by atoms with Gasteiger partial charge in [0.15, 0.2) is 0 Å². The first-order valence-electron chi connectivity index (χ1n) is 7.82. The standard InChI is InChI=1S/C17H28N2O2.ClH/c1-14(2)21-13-15-8-7-9-16(12-15)19-17(20)10-5-3-4-6-11-18;/h7-9,12,14H,3-6,10-11,13,18H2,1-2H3,(H,19,20);1H. The van der Waals surface area contributed by atoms with Crippen LogP contribution in [0.4, 0.5) is 5.69 Å². The van der Waals surface area contributed by atoms with E-state index in [0.29, 0.717) is 13.0 Å². The topological polar surface area (TPSA) is 64.3 Å². The fraction of sp³-hybridized carbons (Fsp3) is 0.588. The number of hydrogen-bond donors (Lipinski definition) is 2. The molecule has 4 nitrogen and oxygen atoms in total. The van der Waals surface area contributed by atoms with Crippen molar-refractivity contribution in [3.63, 3.8) is 0 Å². The van der Waals surface area contributed by atoms with Gasteiger partial charge in [0, 0.05) is 12.1 Å². The highest BCUT2D eigenvalue weighted by atomic mass is 35.5. The molecule has 0 aromatic heterocycles. The third-order valence-corrected chi connectivity index (χ3v) is 3.15. The zero-order valence-corrected chi connectivity index (χ0v) is 14.5. The second-order valence-corrected chi connectivity index (χ2v) is 5.56. The first-order valence-corrected chi connectivity index (χ1v) is 7.82. The van der Waals surface area contributed by atoms with Gasteiger partial charge in [0.25, 0.3) is 0 Å². The summed E-state index contributed by atoms with van der Waals surface area (Å²) in [7, 11) is 0. The number of hydrogen-bond acceptors (Lipinski definition) is 3. The minimum absolute atomic E-state index is 0. The zero-order valence-electron chi connectivity index (χ0n) is 13.6. The van der Waals surface area contributed by atoms with Crippen molar-refractivity contribution in [1.29, 1.82) is 0 Å². The van der Waals surface area contributed by atoms with Crippen molar-refractivity contribution < 1.29 is 9.53 Å². The summed E-state index contributed by atoms with van der Waals surface area (Å²) in [6.07, 6.45) is 4.90. The van der Waals surface area contributed by atoms with Gasteiger partial charge in [-0.1, -0.05) is 25.0 Å². The molecule has 1 rings (SSSR count). The van der Waals surface area contributed by atoms with E-state index < -0.39 is 0 Å². The van der Waals surface area contributed by atoms with Gasteiger partial charge in [-0.25, -0.2) is 0 Å². The van der Waals surface area contributed by atoms with Crippen LogP contribution in [0.5, 0.6) is 0 Å². The van der Waals surface area contributed by atoms with Gasteiger partial charge in [0.2, 0.25) is 5.91 Å². The van der Waals surface area contributed by atoms with E-state index in [1.165, 1.54) is 0 Å². The SMILES string of the molecule is CC(C)OCc1cccc(NC(=O)CCCCCCN)c1.Cl. The summed E-state index contributed by atoms with van der Waals surface area (Å²) in [6, 6.07) is 7.82. The van der Waals surface area contributed by atoms with Gasteiger partial charge in [0.05, 0.1) is 12.7 Å².